The van der Waals surface area contributed by atoms with Crippen LogP contribution in [-0.2, 0) is 9.53 Å². The molecule has 0 N–H and O–H groups in total. The molecule has 0 bridgehead atoms. The summed E-state index contributed by atoms with van der Waals surface area (Å²) in [6, 6.07) is 10.4. The van der Waals surface area contributed by atoms with E-state index < -0.39 is 0 Å². The molecule has 0 aliphatic carbocycles. The van der Waals surface area contributed by atoms with Crippen LogP contribution in [0.4, 0.5) is 0 Å². The molecule has 0 radical (unpaired) electrons. The van der Waals surface area contributed by atoms with Crippen molar-refractivity contribution in [3.63, 3.8) is 0 Å². The molecule has 1 aromatic rings. The lowest BCUT2D eigenvalue weighted by Crippen LogP contribution is -2.34. The van der Waals surface area contributed by atoms with Gasteiger partial charge in [0.1, 0.15) is 0 Å². The van der Waals surface area contributed by atoms with E-state index in [1.807, 2.05) is 45.0 Å². The Morgan fingerprint density at radius 1 is 1.33 bits per heavy atom. The van der Waals surface area contributed by atoms with E-state index in [1.54, 1.807) is 0 Å². The molecule has 0 fully saturated rings. The molecule has 0 amide bonds. The second kappa shape index (κ2) is 12.2. The van der Waals surface area contributed by atoms with Crippen LogP contribution in [0.3, 0.4) is 0 Å². The highest BCUT2D eigenvalue weighted by molar-refractivity contribution is 5.71. The SMILES string of the molecule is C=CCCN(CC(=O)OCC)C(C)c1ccccc1.CC. The number of hydrogen-bond donors (Lipinski definition) is 0. The molecule has 3 heteroatoms. The predicted molar refractivity (Wildman–Crippen MR) is 89.2 cm³/mol. The summed E-state index contributed by atoms with van der Waals surface area (Å²) in [7, 11) is 0. The zero-order chi connectivity index (χ0) is 16.1. The Morgan fingerprint density at radius 3 is 2.48 bits per heavy atom. The molecule has 0 saturated carbocycles. The second-order valence-corrected chi connectivity index (χ2v) is 4.44. The van der Waals surface area contributed by atoms with Gasteiger partial charge in [-0.2, -0.15) is 0 Å². The molecule has 0 heterocycles. The quantitative estimate of drug-likeness (QED) is 0.530. The molecule has 21 heavy (non-hydrogen) atoms. The fraction of sp³-hybridized carbons (Fsp3) is 0.500. The van der Waals surface area contributed by atoms with Crippen molar-refractivity contribution in [3.05, 3.63) is 48.6 Å². The first-order chi connectivity index (χ1) is 10.2. The van der Waals surface area contributed by atoms with E-state index >= 15 is 0 Å². The molecule has 3 nitrogen and oxygen atoms in total. The van der Waals surface area contributed by atoms with E-state index in [4.69, 9.17) is 4.74 Å². The minimum absolute atomic E-state index is 0.172. The maximum atomic E-state index is 11.7. The third-order valence-corrected chi connectivity index (χ3v) is 3.09. The molecule has 0 saturated heterocycles. The summed E-state index contributed by atoms with van der Waals surface area (Å²) in [6.07, 6.45) is 2.73. The van der Waals surface area contributed by atoms with Crippen molar-refractivity contribution >= 4 is 5.97 Å². The van der Waals surface area contributed by atoms with Gasteiger partial charge in [0.2, 0.25) is 0 Å². The maximum Gasteiger partial charge on any atom is 0.320 e. The van der Waals surface area contributed by atoms with Gasteiger partial charge >= 0.3 is 5.97 Å². The third kappa shape index (κ3) is 7.66. The monoisotopic (exact) mass is 291 g/mol. The van der Waals surface area contributed by atoms with Gasteiger partial charge in [-0.1, -0.05) is 50.3 Å². The van der Waals surface area contributed by atoms with Gasteiger partial charge in [-0.3, -0.25) is 9.69 Å². The van der Waals surface area contributed by atoms with Gasteiger partial charge in [0.15, 0.2) is 0 Å². The normalized spacial score (nSPS) is 11.3. The fourth-order valence-corrected chi connectivity index (χ4v) is 1.98. The summed E-state index contributed by atoms with van der Waals surface area (Å²) in [6.45, 7) is 13.2. The molecule has 0 aliphatic rings. The lowest BCUT2D eigenvalue weighted by atomic mass is 10.1. The Hall–Kier alpha value is -1.61. The van der Waals surface area contributed by atoms with Crippen molar-refractivity contribution in [2.45, 2.75) is 40.2 Å². The molecule has 1 rings (SSSR count). The first kappa shape index (κ1) is 19.4. The summed E-state index contributed by atoms with van der Waals surface area (Å²) in [5.41, 5.74) is 1.20. The number of rotatable bonds is 8. The first-order valence-electron chi connectivity index (χ1n) is 7.74. The van der Waals surface area contributed by atoms with Crippen molar-refractivity contribution < 1.29 is 9.53 Å². The lowest BCUT2D eigenvalue weighted by molar-refractivity contribution is -0.145. The van der Waals surface area contributed by atoms with Crippen LogP contribution in [0.2, 0.25) is 0 Å². The fourth-order valence-electron chi connectivity index (χ4n) is 1.98. The van der Waals surface area contributed by atoms with Gasteiger partial charge in [0, 0.05) is 12.6 Å². The number of hydrogen-bond acceptors (Lipinski definition) is 3. The Bertz CT molecular complexity index is 389. The van der Waals surface area contributed by atoms with Crippen LogP contribution in [0.15, 0.2) is 43.0 Å². The molecule has 1 unspecified atom stereocenters. The van der Waals surface area contributed by atoms with Crippen molar-refractivity contribution in [1.29, 1.82) is 0 Å². The third-order valence-electron chi connectivity index (χ3n) is 3.09. The zero-order valence-corrected chi connectivity index (χ0v) is 13.8. The summed E-state index contributed by atoms with van der Waals surface area (Å²) < 4.78 is 5.03. The average molecular weight is 291 g/mol. The van der Waals surface area contributed by atoms with Crippen molar-refractivity contribution in [1.82, 2.24) is 4.90 Å². The van der Waals surface area contributed by atoms with Gasteiger partial charge in [-0.15, -0.1) is 6.58 Å². The van der Waals surface area contributed by atoms with Crippen molar-refractivity contribution in [2.75, 3.05) is 19.7 Å². The van der Waals surface area contributed by atoms with Crippen molar-refractivity contribution in [2.24, 2.45) is 0 Å². The Kier molecular flexibility index (Phi) is 11.2. The highest BCUT2D eigenvalue weighted by atomic mass is 16.5. The number of carbonyl (C=O) groups is 1. The van der Waals surface area contributed by atoms with E-state index in [9.17, 15) is 4.79 Å². The van der Waals surface area contributed by atoms with Crippen molar-refractivity contribution in [3.8, 4) is 0 Å². The Morgan fingerprint density at radius 2 is 1.95 bits per heavy atom. The van der Waals surface area contributed by atoms with Crippen LogP contribution < -0.4 is 0 Å². The summed E-state index contributed by atoms with van der Waals surface area (Å²) in [4.78, 5) is 13.8. The van der Waals surface area contributed by atoms with E-state index in [-0.39, 0.29) is 12.0 Å². The maximum absolute atomic E-state index is 11.7. The van der Waals surface area contributed by atoms with Gasteiger partial charge in [0.05, 0.1) is 13.2 Å². The second-order valence-electron chi connectivity index (χ2n) is 4.44. The summed E-state index contributed by atoms with van der Waals surface area (Å²) >= 11 is 0. The van der Waals surface area contributed by atoms with Crippen LogP contribution in [0.1, 0.15) is 45.7 Å². The summed E-state index contributed by atoms with van der Waals surface area (Å²) in [5.74, 6) is -0.172. The van der Waals surface area contributed by atoms with Gasteiger partial charge in [0.25, 0.3) is 0 Å². The minimum atomic E-state index is -0.172. The van der Waals surface area contributed by atoms with Crippen LogP contribution in [-0.4, -0.2) is 30.6 Å². The topological polar surface area (TPSA) is 29.5 Å². The number of esters is 1. The summed E-state index contributed by atoms with van der Waals surface area (Å²) in [5, 5.41) is 0. The Balaban J connectivity index is 0.00000191. The van der Waals surface area contributed by atoms with Crippen LogP contribution in [0.5, 0.6) is 0 Å². The highest BCUT2D eigenvalue weighted by Gasteiger charge is 2.18. The highest BCUT2D eigenvalue weighted by Crippen LogP contribution is 2.20. The van der Waals surface area contributed by atoms with Gasteiger partial charge in [-0.05, 0) is 25.8 Å². The van der Waals surface area contributed by atoms with E-state index in [2.05, 4.69) is 30.5 Å². The molecule has 0 spiro atoms. The van der Waals surface area contributed by atoms with Gasteiger partial charge < -0.3 is 4.74 Å². The minimum Gasteiger partial charge on any atom is -0.465 e. The number of ether oxygens (including phenoxy) is 1. The molecule has 1 aromatic carbocycles. The van der Waals surface area contributed by atoms with Crippen LogP contribution >= 0.6 is 0 Å². The molecule has 1 atom stereocenters. The average Bonchev–Trinajstić information content (AvgIpc) is 2.53. The Labute approximate surface area is 129 Å². The molecule has 118 valence electrons. The molecular formula is C18H29NO2. The molecule has 0 aromatic heterocycles. The standard InChI is InChI=1S/C16H23NO2.C2H6/c1-4-6-12-17(13-16(18)19-5-2)14(3)15-10-8-7-9-11-15;1-2/h4,7-11,14H,1,5-6,12-13H2,2-3H3;1-2H3. The number of benzene rings is 1. The smallest absolute Gasteiger partial charge is 0.320 e. The predicted octanol–water partition coefficient (Wildman–Crippen LogP) is 4.22. The van der Waals surface area contributed by atoms with Crippen LogP contribution in [0, 0.1) is 0 Å². The lowest BCUT2D eigenvalue weighted by Gasteiger charge is -2.28. The number of carbonyl (C=O) groups excluding carboxylic acids is 1. The van der Waals surface area contributed by atoms with E-state index in [0.717, 1.165) is 13.0 Å². The van der Waals surface area contributed by atoms with Crippen LogP contribution in [0.25, 0.3) is 0 Å². The van der Waals surface area contributed by atoms with E-state index in [1.165, 1.54) is 5.56 Å². The van der Waals surface area contributed by atoms with E-state index in [0.29, 0.717) is 13.2 Å². The first-order valence-corrected chi connectivity index (χ1v) is 7.74. The number of nitrogens with zero attached hydrogens (tertiary/aromatic N) is 1. The molecular weight excluding hydrogens is 262 g/mol. The molecule has 0 aliphatic heterocycles. The zero-order valence-electron chi connectivity index (χ0n) is 13.8. The largest absolute Gasteiger partial charge is 0.465 e. The van der Waals surface area contributed by atoms with Gasteiger partial charge in [-0.25, -0.2) is 0 Å².